The second kappa shape index (κ2) is 4.08. The zero-order chi connectivity index (χ0) is 13.6. The molecule has 3 amide bonds. The molecule has 0 saturated heterocycles. The summed E-state index contributed by atoms with van der Waals surface area (Å²) in [4.78, 5) is 30.9. The lowest BCUT2D eigenvalue weighted by Gasteiger charge is -2.33. The van der Waals surface area contributed by atoms with Crippen molar-refractivity contribution in [1.82, 2.24) is 4.90 Å². The van der Waals surface area contributed by atoms with E-state index in [0.717, 1.165) is 11.3 Å². The maximum absolute atomic E-state index is 12.1. The Morgan fingerprint density at radius 1 is 1.42 bits per heavy atom. The molecule has 0 aromatic heterocycles. The molecule has 6 heteroatoms. The van der Waals surface area contributed by atoms with Crippen LogP contribution in [0.15, 0.2) is 23.2 Å². The molecule has 2 aliphatic heterocycles. The normalized spacial score (nSPS) is 16.9. The number of rotatable bonds is 1. The van der Waals surface area contributed by atoms with Crippen molar-refractivity contribution in [2.45, 2.75) is 6.92 Å². The van der Waals surface area contributed by atoms with Gasteiger partial charge in [-0.05, 0) is 18.2 Å². The largest absolute Gasteiger partial charge is 0.329 e. The number of aliphatic imine (C=N–C) groups is 1. The van der Waals surface area contributed by atoms with E-state index in [1.54, 1.807) is 22.9 Å². The number of urea groups is 1. The lowest BCUT2D eigenvalue weighted by molar-refractivity contribution is -0.114. The molecule has 0 unspecified atom stereocenters. The molecule has 1 N–H and O–H groups in total. The van der Waals surface area contributed by atoms with E-state index in [9.17, 15) is 9.59 Å². The predicted octanol–water partition coefficient (Wildman–Crippen LogP) is 1.28. The fraction of sp³-hybridized carbons (Fsp3) is 0.308. The van der Waals surface area contributed by atoms with Crippen LogP contribution in [0.25, 0.3) is 0 Å². The van der Waals surface area contributed by atoms with Crippen molar-refractivity contribution in [3.05, 3.63) is 23.8 Å². The molecule has 6 nitrogen and oxygen atoms in total. The first-order valence-electron chi connectivity index (χ1n) is 6.09. The average molecular weight is 258 g/mol. The second-order valence-corrected chi connectivity index (χ2v) is 4.61. The van der Waals surface area contributed by atoms with Gasteiger partial charge in [0.2, 0.25) is 5.91 Å². The first-order valence-corrected chi connectivity index (χ1v) is 6.09. The van der Waals surface area contributed by atoms with Gasteiger partial charge in [0, 0.05) is 31.8 Å². The standard InChI is InChI=1S/C13H14N4O2/c1-8(18)15-9-3-4-11-10(7-9)12-14-5-6-17(12)13(19)16(11)2/h3-4,7H,5-6H2,1-2H3,(H,15,18). The Balaban J connectivity index is 2.10. The van der Waals surface area contributed by atoms with Crippen LogP contribution >= 0.6 is 0 Å². The predicted molar refractivity (Wildman–Crippen MR) is 72.7 cm³/mol. The topological polar surface area (TPSA) is 65.0 Å². The lowest BCUT2D eigenvalue weighted by Crippen LogP contribution is -2.48. The highest BCUT2D eigenvalue weighted by Crippen LogP contribution is 2.31. The summed E-state index contributed by atoms with van der Waals surface area (Å²) in [6, 6.07) is 5.42. The molecule has 0 fully saturated rings. The van der Waals surface area contributed by atoms with E-state index < -0.39 is 0 Å². The summed E-state index contributed by atoms with van der Waals surface area (Å²) in [7, 11) is 1.74. The molecule has 1 aromatic rings. The number of hydrogen-bond donors (Lipinski definition) is 1. The van der Waals surface area contributed by atoms with Gasteiger partial charge in [-0.3, -0.25) is 19.6 Å². The molecule has 3 rings (SSSR count). The summed E-state index contributed by atoms with van der Waals surface area (Å²) in [5.41, 5.74) is 2.41. The smallest absolute Gasteiger partial charge is 0.326 e. The summed E-state index contributed by atoms with van der Waals surface area (Å²) in [6.45, 7) is 2.70. The highest BCUT2D eigenvalue weighted by molar-refractivity contribution is 6.20. The van der Waals surface area contributed by atoms with E-state index in [1.165, 1.54) is 6.92 Å². The average Bonchev–Trinajstić information content (AvgIpc) is 2.84. The zero-order valence-electron chi connectivity index (χ0n) is 10.8. The van der Waals surface area contributed by atoms with Crippen LogP contribution in [0.1, 0.15) is 12.5 Å². The van der Waals surface area contributed by atoms with Gasteiger partial charge in [-0.1, -0.05) is 0 Å². The third-order valence-corrected chi connectivity index (χ3v) is 3.28. The fourth-order valence-corrected chi connectivity index (χ4v) is 2.44. The fourth-order valence-electron chi connectivity index (χ4n) is 2.44. The highest BCUT2D eigenvalue weighted by Gasteiger charge is 2.35. The molecule has 19 heavy (non-hydrogen) atoms. The van der Waals surface area contributed by atoms with Gasteiger partial charge in [0.1, 0.15) is 5.84 Å². The van der Waals surface area contributed by atoms with Gasteiger partial charge in [-0.25, -0.2) is 4.79 Å². The number of hydrogen-bond acceptors (Lipinski definition) is 3. The summed E-state index contributed by atoms with van der Waals surface area (Å²) in [5, 5.41) is 2.74. The molecular formula is C13H14N4O2. The maximum Gasteiger partial charge on any atom is 0.329 e. The molecule has 0 atom stereocenters. The minimum absolute atomic E-state index is 0.0592. The van der Waals surface area contributed by atoms with Crippen LogP contribution < -0.4 is 10.2 Å². The minimum Gasteiger partial charge on any atom is -0.326 e. The number of anilines is 2. The molecule has 0 aliphatic carbocycles. The van der Waals surface area contributed by atoms with Crippen molar-refractivity contribution in [2.24, 2.45) is 4.99 Å². The Hall–Kier alpha value is -2.37. The number of benzene rings is 1. The van der Waals surface area contributed by atoms with E-state index in [2.05, 4.69) is 10.3 Å². The summed E-state index contributed by atoms with van der Waals surface area (Å²) in [6.07, 6.45) is 0. The summed E-state index contributed by atoms with van der Waals surface area (Å²) in [5.74, 6) is 0.579. The first-order chi connectivity index (χ1) is 9.08. The van der Waals surface area contributed by atoms with Gasteiger partial charge in [0.05, 0.1) is 12.2 Å². The molecule has 98 valence electrons. The van der Waals surface area contributed by atoms with Gasteiger partial charge in [0.15, 0.2) is 0 Å². The van der Waals surface area contributed by atoms with Gasteiger partial charge >= 0.3 is 6.03 Å². The van der Waals surface area contributed by atoms with E-state index in [-0.39, 0.29) is 11.9 Å². The number of amidine groups is 1. The van der Waals surface area contributed by atoms with Crippen LogP contribution in [0.4, 0.5) is 16.2 Å². The molecule has 0 saturated carbocycles. The van der Waals surface area contributed by atoms with Crippen LogP contribution in [-0.4, -0.2) is 42.8 Å². The quantitative estimate of drug-likeness (QED) is 0.824. The van der Waals surface area contributed by atoms with Crippen LogP contribution in [-0.2, 0) is 4.79 Å². The number of carbonyl (C=O) groups is 2. The number of fused-ring (bicyclic) bond motifs is 3. The Morgan fingerprint density at radius 3 is 2.95 bits per heavy atom. The molecule has 0 spiro atoms. The third kappa shape index (κ3) is 1.76. The van der Waals surface area contributed by atoms with E-state index >= 15 is 0 Å². The van der Waals surface area contributed by atoms with Crippen molar-refractivity contribution >= 4 is 29.1 Å². The number of nitrogens with one attached hydrogen (secondary N) is 1. The van der Waals surface area contributed by atoms with Crippen molar-refractivity contribution in [2.75, 3.05) is 30.4 Å². The molecule has 2 aliphatic rings. The van der Waals surface area contributed by atoms with E-state index in [4.69, 9.17) is 0 Å². The molecular weight excluding hydrogens is 244 g/mol. The summed E-state index contributed by atoms with van der Waals surface area (Å²) >= 11 is 0. The third-order valence-electron chi connectivity index (χ3n) is 3.28. The van der Waals surface area contributed by atoms with Crippen molar-refractivity contribution in [3.63, 3.8) is 0 Å². The van der Waals surface area contributed by atoms with Gasteiger partial charge in [-0.2, -0.15) is 0 Å². The van der Waals surface area contributed by atoms with Gasteiger partial charge in [0.25, 0.3) is 0 Å². The molecule has 2 heterocycles. The van der Waals surface area contributed by atoms with Gasteiger partial charge < -0.3 is 5.32 Å². The Kier molecular flexibility index (Phi) is 2.51. The Bertz CT molecular complexity index is 609. The Labute approximate surface area is 110 Å². The lowest BCUT2D eigenvalue weighted by atomic mass is 10.1. The zero-order valence-corrected chi connectivity index (χ0v) is 10.8. The van der Waals surface area contributed by atoms with E-state index in [1.807, 2.05) is 12.1 Å². The number of carbonyl (C=O) groups excluding carboxylic acids is 2. The van der Waals surface area contributed by atoms with Crippen LogP contribution in [0.3, 0.4) is 0 Å². The number of amides is 3. The van der Waals surface area contributed by atoms with Crippen LogP contribution in [0.5, 0.6) is 0 Å². The highest BCUT2D eigenvalue weighted by atomic mass is 16.2. The second-order valence-electron chi connectivity index (χ2n) is 4.61. The minimum atomic E-state index is -0.120. The maximum atomic E-state index is 12.1. The summed E-state index contributed by atoms with van der Waals surface area (Å²) < 4.78 is 0. The van der Waals surface area contributed by atoms with Gasteiger partial charge in [-0.15, -0.1) is 0 Å². The molecule has 0 bridgehead atoms. The number of nitrogens with zero attached hydrogens (tertiary/aromatic N) is 3. The molecule has 1 aromatic carbocycles. The van der Waals surface area contributed by atoms with Crippen molar-refractivity contribution < 1.29 is 9.59 Å². The van der Waals surface area contributed by atoms with Crippen LogP contribution in [0.2, 0.25) is 0 Å². The van der Waals surface area contributed by atoms with E-state index in [0.29, 0.717) is 24.6 Å². The SMILES string of the molecule is CC(=O)Nc1ccc2c(c1)C1=NCCN1C(=O)N2C. The van der Waals surface area contributed by atoms with Crippen LogP contribution in [0, 0.1) is 0 Å². The van der Waals surface area contributed by atoms with Crippen molar-refractivity contribution in [3.8, 4) is 0 Å². The first kappa shape index (κ1) is 11.7. The van der Waals surface area contributed by atoms with Crippen molar-refractivity contribution in [1.29, 1.82) is 0 Å². The Morgan fingerprint density at radius 2 is 2.21 bits per heavy atom. The molecule has 0 radical (unpaired) electrons. The monoisotopic (exact) mass is 258 g/mol.